The highest BCUT2D eigenvalue weighted by Crippen LogP contribution is 2.15. The number of hydrogen-bond acceptors (Lipinski definition) is 7. The zero-order valence-electron chi connectivity index (χ0n) is 8.04. The Morgan fingerprint density at radius 2 is 2.33 bits per heavy atom. The lowest BCUT2D eigenvalue weighted by molar-refractivity contribution is 0.380. The molecule has 78 valence electrons. The molecule has 0 spiro atoms. The molecule has 0 saturated heterocycles. The van der Waals surface area contributed by atoms with E-state index in [1.807, 2.05) is 0 Å². The Labute approximate surface area is 85.3 Å². The highest BCUT2D eigenvalue weighted by molar-refractivity contribution is 5.48. The van der Waals surface area contributed by atoms with Crippen LogP contribution in [0, 0.1) is 0 Å². The van der Waals surface area contributed by atoms with Crippen molar-refractivity contribution >= 4 is 0 Å². The molecule has 2 heterocycles. The average molecular weight is 207 g/mol. The third-order valence-corrected chi connectivity index (χ3v) is 1.72. The molecule has 0 bridgehead atoms. The number of rotatable bonds is 3. The van der Waals surface area contributed by atoms with Crippen LogP contribution < -0.4 is 10.5 Å². The molecule has 0 saturated carbocycles. The molecule has 2 aromatic heterocycles. The number of nitrogens with two attached hydrogens (primary N) is 1. The lowest BCUT2D eigenvalue weighted by atomic mass is 10.4. The summed E-state index contributed by atoms with van der Waals surface area (Å²) in [5, 5.41) is 3.72. The van der Waals surface area contributed by atoms with Crippen molar-refractivity contribution < 1.29 is 9.26 Å². The molecule has 0 unspecified atom stereocenters. The van der Waals surface area contributed by atoms with Crippen LogP contribution in [0.3, 0.4) is 0 Å². The third-order valence-electron chi connectivity index (χ3n) is 1.72. The average Bonchev–Trinajstić information content (AvgIpc) is 2.78. The maximum absolute atomic E-state index is 5.34. The molecule has 0 aliphatic carbocycles. The Kier molecular flexibility index (Phi) is 2.55. The summed E-state index contributed by atoms with van der Waals surface area (Å²) in [6, 6.07) is 1.62. The van der Waals surface area contributed by atoms with Gasteiger partial charge in [0.05, 0.1) is 13.7 Å². The minimum atomic E-state index is 0.204. The molecule has 0 aliphatic rings. The lowest BCUT2D eigenvalue weighted by Gasteiger charge is -1.97. The molecule has 0 aliphatic heterocycles. The monoisotopic (exact) mass is 207 g/mol. The summed E-state index contributed by atoms with van der Waals surface area (Å²) >= 11 is 0. The van der Waals surface area contributed by atoms with Gasteiger partial charge in [-0.2, -0.15) is 4.98 Å². The minimum absolute atomic E-state index is 0.204. The van der Waals surface area contributed by atoms with E-state index in [0.29, 0.717) is 23.3 Å². The SMILES string of the molecule is COc1cc(-c2noc(CN)n2)ncn1. The van der Waals surface area contributed by atoms with Crippen LogP contribution in [0.15, 0.2) is 16.9 Å². The van der Waals surface area contributed by atoms with Gasteiger partial charge < -0.3 is 15.0 Å². The standard InChI is InChI=1S/C8H9N5O2/c1-14-6-2-5(10-4-11-6)8-12-7(3-9)15-13-8/h2,4H,3,9H2,1H3. The number of nitrogens with zero attached hydrogens (tertiary/aromatic N) is 4. The van der Waals surface area contributed by atoms with Crippen molar-refractivity contribution in [2.24, 2.45) is 5.73 Å². The molecule has 0 fully saturated rings. The first kappa shape index (κ1) is 9.53. The fourth-order valence-electron chi connectivity index (χ4n) is 1.02. The zero-order chi connectivity index (χ0) is 10.7. The number of ether oxygens (including phenoxy) is 1. The van der Waals surface area contributed by atoms with E-state index in [4.69, 9.17) is 15.0 Å². The van der Waals surface area contributed by atoms with Gasteiger partial charge >= 0.3 is 0 Å². The van der Waals surface area contributed by atoms with Gasteiger partial charge in [0, 0.05) is 6.07 Å². The summed E-state index contributed by atoms with van der Waals surface area (Å²) < 4.78 is 9.80. The Balaban J connectivity index is 2.35. The van der Waals surface area contributed by atoms with Crippen LogP contribution in [0.1, 0.15) is 5.89 Å². The van der Waals surface area contributed by atoms with E-state index in [9.17, 15) is 0 Å². The highest BCUT2D eigenvalue weighted by Gasteiger charge is 2.09. The first-order valence-electron chi connectivity index (χ1n) is 4.22. The largest absolute Gasteiger partial charge is 0.481 e. The maximum atomic E-state index is 5.34. The van der Waals surface area contributed by atoms with Crippen molar-refractivity contribution in [3.8, 4) is 17.4 Å². The molecule has 7 nitrogen and oxygen atoms in total. The second-order valence-electron chi connectivity index (χ2n) is 2.66. The number of hydrogen-bond donors (Lipinski definition) is 1. The van der Waals surface area contributed by atoms with Gasteiger partial charge in [-0.15, -0.1) is 0 Å². The topological polar surface area (TPSA) is 100.0 Å². The van der Waals surface area contributed by atoms with E-state index < -0.39 is 0 Å². The summed E-state index contributed by atoms with van der Waals surface area (Å²) in [6.07, 6.45) is 1.37. The molecular formula is C8H9N5O2. The molecule has 0 aromatic carbocycles. The summed E-state index contributed by atoms with van der Waals surface area (Å²) in [5.41, 5.74) is 5.88. The summed E-state index contributed by atoms with van der Waals surface area (Å²) in [7, 11) is 1.52. The smallest absolute Gasteiger partial charge is 0.240 e. The molecule has 0 radical (unpaired) electrons. The quantitative estimate of drug-likeness (QED) is 0.755. The second-order valence-corrected chi connectivity index (χ2v) is 2.66. The molecular weight excluding hydrogens is 198 g/mol. The minimum Gasteiger partial charge on any atom is -0.481 e. The van der Waals surface area contributed by atoms with Crippen molar-refractivity contribution in [2.45, 2.75) is 6.54 Å². The fraction of sp³-hybridized carbons (Fsp3) is 0.250. The summed E-state index contributed by atoms with van der Waals surface area (Å²) in [4.78, 5) is 11.9. The van der Waals surface area contributed by atoms with E-state index in [2.05, 4.69) is 20.1 Å². The van der Waals surface area contributed by atoms with Crippen LogP contribution in [0.4, 0.5) is 0 Å². The Bertz CT molecular complexity index is 456. The van der Waals surface area contributed by atoms with Gasteiger partial charge in [0.15, 0.2) is 0 Å². The zero-order valence-corrected chi connectivity index (χ0v) is 8.04. The molecule has 2 aromatic rings. The second kappa shape index (κ2) is 4.01. The molecule has 0 atom stereocenters. The van der Waals surface area contributed by atoms with Crippen LogP contribution in [0.2, 0.25) is 0 Å². The van der Waals surface area contributed by atoms with Crippen molar-refractivity contribution in [3.63, 3.8) is 0 Å². The van der Waals surface area contributed by atoms with Gasteiger partial charge in [0.1, 0.15) is 12.0 Å². The van der Waals surface area contributed by atoms with Gasteiger partial charge in [0.2, 0.25) is 17.6 Å². The summed E-state index contributed by atoms with van der Waals surface area (Å²) in [5.74, 6) is 1.18. The number of methoxy groups -OCH3 is 1. The van der Waals surface area contributed by atoms with Gasteiger partial charge in [-0.1, -0.05) is 5.16 Å². The van der Waals surface area contributed by atoms with E-state index >= 15 is 0 Å². The van der Waals surface area contributed by atoms with Gasteiger partial charge in [-0.05, 0) is 0 Å². The fourth-order valence-corrected chi connectivity index (χ4v) is 1.02. The summed E-state index contributed by atoms with van der Waals surface area (Å²) in [6.45, 7) is 0.204. The Hall–Kier alpha value is -2.02. The van der Waals surface area contributed by atoms with Crippen molar-refractivity contribution in [3.05, 3.63) is 18.3 Å². The van der Waals surface area contributed by atoms with Crippen molar-refractivity contribution in [1.29, 1.82) is 0 Å². The lowest BCUT2D eigenvalue weighted by Crippen LogP contribution is -1.96. The van der Waals surface area contributed by atoms with Crippen LogP contribution >= 0.6 is 0 Å². The van der Waals surface area contributed by atoms with Crippen LogP contribution in [-0.2, 0) is 6.54 Å². The van der Waals surface area contributed by atoms with Gasteiger partial charge in [0.25, 0.3) is 0 Å². The highest BCUT2D eigenvalue weighted by atomic mass is 16.5. The maximum Gasteiger partial charge on any atom is 0.240 e. The van der Waals surface area contributed by atoms with Crippen LogP contribution in [-0.4, -0.2) is 27.2 Å². The first-order valence-corrected chi connectivity index (χ1v) is 4.22. The normalized spacial score (nSPS) is 10.3. The Morgan fingerprint density at radius 3 is 3.00 bits per heavy atom. The molecule has 2 N–H and O–H groups in total. The first-order chi connectivity index (χ1) is 7.33. The van der Waals surface area contributed by atoms with E-state index in [0.717, 1.165) is 0 Å². The third kappa shape index (κ3) is 1.91. The molecule has 2 rings (SSSR count). The molecule has 7 heteroatoms. The van der Waals surface area contributed by atoms with Crippen molar-refractivity contribution in [1.82, 2.24) is 20.1 Å². The predicted octanol–water partition coefficient (Wildman–Crippen LogP) is -0.00610. The van der Waals surface area contributed by atoms with Gasteiger partial charge in [-0.25, -0.2) is 9.97 Å². The van der Waals surface area contributed by atoms with E-state index in [-0.39, 0.29) is 6.54 Å². The van der Waals surface area contributed by atoms with E-state index in [1.165, 1.54) is 13.4 Å². The predicted molar refractivity (Wildman–Crippen MR) is 49.8 cm³/mol. The van der Waals surface area contributed by atoms with Crippen LogP contribution in [0.5, 0.6) is 5.88 Å². The molecule has 0 amide bonds. The van der Waals surface area contributed by atoms with Crippen LogP contribution in [0.25, 0.3) is 11.5 Å². The van der Waals surface area contributed by atoms with Crippen molar-refractivity contribution in [2.75, 3.05) is 7.11 Å². The molecule has 15 heavy (non-hydrogen) atoms. The Morgan fingerprint density at radius 1 is 1.47 bits per heavy atom. The number of aromatic nitrogens is 4. The van der Waals surface area contributed by atoms with E-state index in [1.54, 1.807) is 6.07 Å². The van der Waals surface area contributed by atoms with Gasteiger partial charge in [-0.3, -0.25) is 0 Å².